The Balaban J connectivity index is 2.23. The van der Waals surface area contributed by atoms with Gasteiger partial charge in [-0.25, -0.2) is 0 Å². The second-order valence-corrected chi connectivity index (χ2v) is 4.25. The number of hydrogen-bond donors (Lipinski definition) is 4. The van der Waals surface area contributed by atoms with E-state index in [0.29, 0.717) is 22.5 Å². The van der Waals surface area contributed by atoms with E-state index in [1.165, 1.54) is 18.2 Å². The van der Waals surface area contributed by atoms with E-state index in [9.17, 15) is 9.59 Å². The van der Waals surface area contributed by atoms with Crippen LogP contribution in [-0.4, -0.2) is 11.8 Å². The summed E-state index contributed by atoms with van der Waals surface area (Å²) in [6.45, 7) is 0. The first-order valence-corrected chi connectivity index (χ1v) is 5.83. The second-order valence-electron chi connectivity index (χ2n) is 4.25. The third-order valence-electron chi connectivity index (χ3n) is 2.73. The summed E-state index contributed by atoms with van der Waals surface area (Å²) in [5, 5.41) is 2.65. The molecule has 2 aromatic rings. The maximum Gasteiger partial charge on any atom is 0.257 e. The number of carbonyl (C=O) groups excluding carboxylic acids is 2. The molecule has 6 nitrogen and oxygen atoms in total. The lowest BCUT2D eigenvalue weighted by Crippen LogP contribution is -2.15. The van der Waals surface area contributed by atoms with E-state index < -0.39 is 5.91 Å². The van der Waals surface area contributed by atoms with E-state index >= 15 is 0 Å². The van der Waals surface area contributed by atoms with Gasteiger partial charge in [0.05, 0.1) is 5.56 Å². The van der Waals surface area contributed by atoms with Crippen molar-refractivity contribution in [3.63, 3.8) is 0 Å². The van der Waals surface area contributed by atoms with Gasteiger partial charge in [-0.2, -0.15) is 0 Å². The van der Waals surface area contributed by atoms with Gasteiger partial charge >= 0.3 is 0 Å². The molecule has 102 valence electrons. The Morgan fingerprint density at radius 2 is 1.75 bits per heavy atom. The molecule has 0 aliphatic rings. The largest absolute Gasteiger partial charge is 0.399 e. The van der Waals surface area contributed by atoms with Crippen LogP contribution < -0.4 is 22.5 Å². The first-order chi connectivity index (χ1) is 9.47. The number of benzene rings is 2. The Morgan fingerprint density at radius 1 is 1.00 bits per heavy atom. The average molecular weight is 270 g/mol. The van der Waals surface area contributed by atoms with Crippen molar-refractivity contribution in [2.45, 2.75) is 0 Å². The van der Waals surface area contributed by atoms with Crippen molar-refractivity contribution < 1.29 is 9.59 Å². The first kappa shape index (κ1) is 13.4. The van der Waals surface area contributed by atoms with E-state index in [0.717, 1.165) is 0 Å². The normalized spacial score (nSPS) is 10.0. The van der Waals surface area contributed by atoms with E-state index in [1.807, 2.05) is 0 Å². The number of nitrogens with two attached hydrogens (primary N) is 3. The zero-order valence-corrected chi connectivity index (χ0v) is 10.6. The van der Waals surface area contributed by atoms with Crippen LogP contribution in [0.4, 0.5) is 17.1 Å². The smallest absolute Gasteiger partial charge is 0.257 e. The molecule has 2 amide bonds. The van der Waals surface area contributed by atoms with Gasteiger partial charge in [-0.05, 0) is 36.4 Å². The summed E-state index contributed by atoms with van der Waals surface area (Å²) in [6.07, 6.45) is 0. The van der Waals surface area contributed by atoms with Crippen LogP contribution in [0.2, 0.25) is 0 Å². The molecule has 0 aliphatic heterocycles. The van der Waals surface area contributed by atoms with Crippen LogP contribution >= 0.6 is 0 Å². The average Bonchev–Trinajstić information content (AvgIpc) is 2.38. The number of primary amides is 1. The number of hydrogen-bond acceptors (Lipinski definition) is 4. The summed E-state index contributed by atoms with van der Waals surface area (Å²) in [7, 11) is 0. The minimum absolute atomic E-state index is 0.286. The lowest BCUT2D eigenvalue weighted by atomic mass is 10.1. The monoisotopic (exact) mass is 270 g/mol. The van der Waals surface area contributed by atoms with Crippen LogP contribution in [0.15, 0.2) is 42.5 Å². The van der Waals surface area contributed by atoms with Gasteiger partial charge in [-0.15, -0.1) is 0 Å². The third-order valence-corrected chi connectivity index (χ3v) is 2.73. The summed E-state index contributed by atoms with van der Waals surface area (Å²) in [6, 6.07) is 11.0. The number of amides is 2. The molecule has 0 aliphatic carbocycles. The van der Waals surface area contributed by atoms with E-state index in [2.05, 4.69) is 5.32 Å². The molecular formula is C14H14N4O2. The van der Waals surface area contributed by atoms with Crippen molar-refractivity contribution in [3.8, 4) is 0 Å². The molecule has 0 radical (unpaired) electrons. The highest BCUT2D eigenvalue weighted by Crippen LogP contribution is 2.18. The minimum Gasteiger partial charge on any atom is -0.399 e. The number of rotatable bonds is 3. The number of anilines is 3. The summed E-state index contributed by atoms with van der Waals surface area (Å²) in [5.74, 6) is -0.947. The summed E-state index contributed by atoms with van der Waals surface area (Å²) < 4.78 is 0. The molecule has 7 N–H and O–H groups in total. The SMILES string of the molecule is NC(=O)c1cccc(NC(=O)c2ccc(N)cc2N)c1. The molecule has 0 fully saturated rings. The summed E-state index contributed by atoms with van der Waals surface area (Å²) in [5.41, 5.74) is 18.3. The van der Waals surface area contributed by atoms with Gasteiger partial charge < -0.3 is 22.5 Å². The molecule has 0 unspecified atom stereocenters. The van der Waals surface area contributed by atoms with Crippen LogP contribution in [0.1, 0.15) is 20.7 Å². The zero-order valence-electron chi connectivity index (χ0n) is 10.6. The van der Waals surface area contributed by atoms with Crippen LogP contribution in [0.3, 0.4) is 0 Å². The standard InChI is InChI=1S/C14H14N4O2/c15-9-4-5-11(12(16)7-9)14(20)18-10-3-1-2-8(6-10)13(17)19/h1-7H,15-16H2,(H2,17,19)(H,18,20). The quantitative estimate of drug-likeness (QED) is 0.625. The Hall–Kier alpha value is -3.02. The fourth-order valence-electron chi connectivity index (χ4n) is 1.74. The molecule has 0 atom stereocenters. The molecule has 2 aromatic carbocycles. The highest BCUT2D eigenvalue weighted by molar-refractivity contribution is 6.08. The van der Waals surface area contributed by atoms with Gasteiger partial charge in [-0.1, -0.05) is 6.07 Å². The van der Waals surface area contributed by atoms with Gasteiger partial charge in [0.25, 0.3) is 5.91 Å². The third kappa shape index (κ3) is 2.86. The van der Waals surface area contributed by atoms with Crippen molar-refractivity contribution in [2.24, 2.45) is 5.73 Å². The molecule has 6 heteroatoms. The molecule has 0 heterocycles. The molecule has 0 aromatic heterocycles. The lowest BCUT2D eigenvalue weighted by Gasteiger charge is -2.08. The highest BCUT2D eigenvalue weighted by atomic mass is 16.2. The van der Waals surface area contributed by atoms with Crippen molar-refractivity contribution in [3.05, 3.63) is 53.6 Å². The van der Waals surface area contributed by atoms with Crippen molar-refractivity contribution in [1.29, 1.82) is 0 Å². The Morgan fingerprint density at radius 3 is 2.40 bits per heavy atom. The Kier molecular flexibility index (Phi) is 3.56. The topological polar surface area (TPSA) is 124 Å². The second kappa shape index (κ2) is 5.31. The molecule has 2 rings (SSSR count). The number of nitrogen functional groups attached to an aromatic ring is 2. The zero-order chi connectivity index (χ0) is 14.7. The van der Waals surface area contributed by atoms with E-state index in [4.69, 9.17) is 17.2 Å². The highest BCUT2D eigenvalue weighted by Gasteiger charge is 2.11. The molecule has 0 saturated heterocycles. The number of nitrogens with one attached hydrogen (secondary N) is 1. The van der Waals surface area contributed by atoms with Gasteiger partial charge in [0.15, 0.2) is 0 Å². The molecule has 0 saturated carbocycles. The predicted molar refractivity (Wildman–Crippen MR) is 78.2 cm³/mol. The van der Waals surface area contributed by atoms with Crippen LogP contribution in [0, 0.1) is 0 Å². The maximum atomic E-state index is 12.1. The van der Waals surface area contributed by atoms with Crippen molar-refractivity contribution >= 4 is 28.9 Å². The van der Waals surface area contributed by atoms with E-state index in [-0.39, 0.29) is 11.6 Å². The van der Waals surface area contributed by atoms with Gasteiger partial charge in [0.1, 0.15) is 0 Å². The van der Waals surface area contributed by atoms with E-state index in [1.54, 1.807) is 24.3 Å². The molecule has 20 heavy (non-hydrogen) atoms. The first-order valence-electron chi connectivity index (χ1n) is 5.83. The number of carbonyl (C=O) groups is 2. The Bertz CT molecular complexity index is 683. The summed E-state index contributed by atoms with van der Waals surface area (Å²) >= 11 is 0. The fraction of sp³-hybridized carbons (Fsp3) is 0. The predicted octanol–water partition coefficient (Wildman–Crippen LogP) is 1.20. The fourth-order valence-corrected chi connectivity index (χ4v) is 1.74. The molecule has 0 bridgehead atoms. The Labute approximate surface area is 115 Å². The van der Waals surface area contributed by atoms with Crippen LogP contribution in [-0.2, 0) is 0 Å². The lowest BCUT2D eigenvalue weighted by molar-refractivity contribution is 0.0996. The van der Waals surface area contributed by atoms with Crippen LogP contribution in [0.25, 0.3) is 0 Å². The molecular weight excluding hydrogens is 256 g/mol. The van der Waals surface area contributed by atoms with Crippen molar-refractivity contribution in [1.82, 2.24) is 0 Å². The van der Waals surface area contributed by atoms with Gasteiger partial charge in [0.2, 0.25) is 5.91 Å². The van der Waals surface area contributed by atoms with Gasteiger partial charge in [0, 0.05) is 22.6 Å². The maximum absolute atomic E-state index is 12.1. The molecule has 0 spiro atoms. The van der Waals surface area contributed by atoms with Crippen LogP contribution in [0.5, 0.6) is 0 Å². The minimum atomic E-state index is -0.562. The summed E-state index contributed by atoms with van der Waals surface area (Å²) in [4.78, 5) is 23.2. The van der Waals surface area contributed by atoms with Gasteiger partial charge in [-0.3, -0.25) is 9.59 Å². The van der Waals surface area contributed by atoms with Crippen molar-refractivity contribution in [2.75, 3.05) is 16.8 Å².